The maximum Gasteiger partial charge on any atom is 0.374 e. The quantitative estimate of drug-likeness (QED) is 0.616. The molecule has 0 nitrogen and oxygen atoms in total. The fourth-order valence-electron chi connectivity index (χ4n) is 0.154. The molecule has 0 saturated heterocycles. The van der Waals surface area contributed by atoms with Gasteiger partial charge >= 0.3 is 5.38 Å². The molecule has 0 aromatic heterocycles. The highest BCUT2D eigenvalue weighted by molar-refractivity contribution is 6.42. The largest absolute Gasteiger partial charge is 0.374 e. The van der Waals surface area contributed by atoms with Crippen molar-refractivity contribution >= 4 is 34.8 Å². The summed E-state index contributed by atoms with van der Waals surface area (Å²) < 4.78 is 36.1. The molecule has 0 aromatic carbocycles. The molecule has 0 amide bonds. The van der Waals surface area contributed by atoms with E-state index >= 15 is 0 Å². The normalized spacial score (nSPS) is 18.2. The van der Waals surface area contributed by atoms with Crippen molar-refractivity contribution < 1.29 is 13.2 Å². The van der Waals surface area contributed by atoms with Crippen LogP contribution in [0.25, 0.3) is 0 Å². The number of halogens is 6. The van der Waals surface area contributed by atoms with Crippen LogP contribution in [0.15, 0.2) is 11.6 Å². The highest BCUT2D eigenvalue weighted by Gasteiger charge is 2.54. The first-order chi connectivity index (χ1) is 4.19. The fourth-order valence-corrected chi connectivity index (χ4v) is 0.435. The Kier molecular flexibility index (Phi) is 2.91. The molecule has 6 heteroatoms. The third kappa shape index (κ3) is 1.94. The van der Waals surface area contributed by atoms with Crippen LogP contribution in [0.2, 0.25) is 0 Å². The topological polar surface area (TPSA) is 0 Å². The molecular formula is C4H2Cl3F3. The lowest BCUT2D eigenvalue weighted by atomic mass is 10.4. The molecular weight excluding hydrogens is 211 g/mol. The summed E-state index contributed by atoms with van der Waals surface area (Å²) in [6.45, 7) is 2.69. The van der Waals surface area contributed by atoms with Gasteiger partial charge < -0.3 is 0 Å². The van der Waals surface area contributed by atoms with Gasteiger partial charge in [-0.15, -0.1) is 0 Å². The molecule has 1 atom stereocenters. The van der Waals surface area contributed by atoms with Gasteiger partial charge in [-0.25, -0.2) is 4.39 Å². The Morgan fingerprint density at radius 3 is 1.50 bits per heavy atom. The lowest BCUT2D eigenvalue weighted by Crippen LogP contribution is -2.34. The second kappa shape index (κ2) is 2.80. The van der Waals surface area contributed by atoms with Gasteiger partial charge in [0.15, 0.2) is 0 Å². The van der Waals surface area contributed by atoms with Crippen LogP contribution in [-0.2, 0) is 0 Å². The molecule has 0 spiro atoms. The summed E-state index contributed by atoms with van der Waals surface area (Å²) in [5, 5.41) is -8.88. The summed E-state index contributed by atoms with van der Waals surface area (Å²) in [5.41, 5.74) is 0. The van der Waals surface area contributed by atoms with Crippen molar-refractivity contribution in [3.05, 3.63) is 11.6 Å². The first-order valence-corrected chi connectivity index (χ1v) is 3.12. The van der Waals surface area contributed by atoms with Crippen LogP contribution in [0.1, 0.15) is 0 Å². The lowest BCUT2D eigenvalue weighted by Gasteiger charge is -2.20. The lowest BCUT2D eigenvalue weighted by molar-refractivity contribution is 0.00415. The molecule has 0 heterocycles. The van der Waals surface area contributed by atoms with Crippen molar-refractivity contribution in [2.75, 3.05) is 0 Å². The second-order valence-electron chi connectivity index (χ2n) is 1.48. The van der Waals surface area contributed by atoms with Crippen LogP contribution in [0.5, 0.6) is 0 Å². The molecule has 1 unspecified atom stereocenters. The Balaban J connectivity index is 4.57. The molecule has 0 aliphatic rings. The van der Waals surface area contributed by atoms with E-state index < -0.39 is 15.5 Å². The van der Waals surface area contributed by atoms with Crippen LogP contribution in [0.3, 0.4) is 0 Å². The third-order valence-electron chi connectivity index (χ3n) is 0.697. The molecule has 0 saturated carbocycles. The third-order valence-corrected chi connectivity index (χ3v) is 1.88. The van der Waals surface area contributed by atoms with E-state index in [0.717, 1.165) is 0 Å². The average Bonchev–Trinajstić information content (AvgIpc) is 1.62. The predicted molar refractivity (Wildman–Crippen MR) is 35.5 cm³/mol. The summed E-state index contributed by atoms with van der Waals surface area (Å²) in [6, 6.07) is 0. The van der Waals surface area contributed by atoms with Crippen LogP contribution in [0, 0.1) is 0 Å². The molecule has 0 bridgehead atoms. The zero-order chi connectivity index (χ0) is 8.58. The Bertz CT molecular complexity index is 148. The van der Waals surface area contributed by atoms with Gasteiger partial charge in [-0.05, 0) is 11.6 Å². The van der Waals surface area contributed by atoms with E-state index in [4.69, 9.17) is 11.6 Å². The monoisotopic (exact) mass is 212 g/mol. The van der Waals surface area contributed by atoms with Crippen molar-refractivity contribution in [1.29, 1.82) is 0 Å². The minimum Gasteiger partial charge on any atom is -0.211 e. The van der Waals surface area contributed by atoms with Gasteiger partial charge in [0.1, 0.15) is 0 Å². The van der Waals surface area contributed by atoms with Crippen molar-refractivity contribution in [2.45, 2.75) is 10.5 Å². The molecule has 10 heavy (non-hydrogen) atoms. The average molecular weight is 213 g/mol. The number of hydrogen-bond donors (Lipinski definition) is 0. The van der Waals surface area contributed by atoms with Gasteiger partial charge in [-0.1, -0.05) is 29.8 Å². The Labute approximate surface area is 70.6 Å². The predicted octanol–water partition coefficient (Wildman–Crippen LogP) is 3.48. The summed E-state index contributed by atoms with van der Waals surface area (Å²) in [5.74, 6) is 0. The molecule has 0 rings (SSSR count). The van der Waals surface area contributed by atoms with Crippen molar-refractivity contribution in [3.8, 4) is 0 Å². The Morgan fingerprint density at radius 1 is 1.20 bits per heavy atom. The number of rotatable bonds is 2. The molecule has 0 N–H and O–H groups in total. The van der Waals surface area contributed by atoms with Gasteiger partial charge in [0.2, 0.25) is 0 Å². The maximum absolute atomic E-state index is 12.4. The fraction of sp³-hybridized carbons (Fsp3) is 0.500. The highest BCUT2D eigenvalue weighted by atomic mass is 35.5. The summed E-state index contributed by atoms with van der Waals surface area (Å²) >= 11 is 13.6. The van der Waals surface area contributed by atoms with E-state index in [-0.39, 0.29) is 0 Å². The van der Waals surface area contributed by atoms with Crippen LogP contribution < -0.4 is 0 Å². The van der Waals surface area contributed by atoms with Crippen LogP contribution in [-0.4, -0.2) is 10.5 Å². The molecule has 0 aromatic rings. The second-order valence-corrected chi connectivity index (χ2v) is 2.93. The zero-order valence-electron chi connectivity index (χ0n) is 4.47. The summed E-state index contributed by atoms with van der Waals surface area (Å²) in [6.07, 6.45) is 0. The van der Waals surface area contributed by atoms with Crippen molar-refractivity contribution in [3.63, 3.8) is 0 Å². The first-order valence-electron chi connectivity index (χ1n) is 1.99. The number of alkyl halides is 5. The van der Waals surface area contributed by atoms with Crippen LogP contribution in [0.4, 0.5) is 13.2 Å². The summed E-state index contributed by atoms with van der Waals surface area (Å²) in [4.78, 5) is 0. The smallest absolute Gasteiger partial charge is 0.211 e. The van der Waals surface area contributed by atoms with Gasteiger partial charge in [0.05, 0.1) is 5.03 Å². The van der Waals surface area contributed by atoms with E-state index in [1.54, 1.807) is 0 Å². The molecule has 0 aliphatic heterocycles. The molecule has 0 radical (unpaired) electrons. The van der Waals surface area contributed by atoms with Gasteiger partial charge in [-0.3, -0.25) is 0 Å². The minimum atomic E-state index is -4.24. The molecule has 60 valence electrons. The van der Waals surface area contributed by atoms with Crippen molar-refractivity contribution in [1.82, 2.24) is 0 Å². The standard InChI is InChI=1S/C4H2Cl3F3/c1-2(5)3(6,8)4(7,9)10/h1H2. The molecule has 0 fully saturated rings. The van der Waals surface area contributed by atoms with E-state index in [9.17, 15) is 13.2 Å². The van der Waals surface area contributed by atoms with E-state index in [0.29, 0.717) is 0 Å². The van der Waals surface area contributed by atoms with Crippen LogP contribution >= 0.6 is 34.8 Å². The summed E-state index contributed by atoms with van der Waals surface area (Å²) in [7, 11) is 0. The number of allylic oxidation sites excluding steroid dienone is 1. The minimum absolute atomic E-state index is 1.05. The van der Waals surface area contributed by atoms with E-state index in [1.165, 1.54) is 0 Å². The van der Waals surface area contributed by atoms with Crippen molar-refractivity contribution in [2.24, 2.45) is 0 Å². The van der Waals surface area contributed by atoms with E-state index in [2.05, 4.69) is 29.8 Å². The highest BCUT2D eigenvalue weighted by Crippen LogP contribution is 2.45. The van der Waals surface area contributed by atoms with Gasteiger partial charge in [0, 0.05) is 0 Å². The van der Waals surface area contributed by atoms with E-state index in [1.807, 2.05) is 0 Å². The number of hydrogen-bond acceptors (Lipinski definition) is 0. The zero-order valence-corrected chi connectivity index (χ0v) is 6.74. The Hall–Kier alpha value is 0.400. The van der Waals surface area contributed by atoms with Gasteiger partial charge in [0.25, 0.3) is 5.13 Å². The first kappa shape index (κ1) is 10.4. The molecule has 0 aliphatic carbocycles. The maximum atomic E-state index is 12.4. The van der Waals surface area contributed by atoms with Gasteiger partial charge in [-0.2, -0.15) is 8.78 Å². The SMILES string of the molecule is C=C(Cl)C(F)(Cl)C(F)(F)Cl. The Morgan fingerprint density at radius 2 is 1.50 bits per heavy atom.